The van der Waals surface area contributed by atoms with Gasteiger partial charge in [-0.2, -0.15) is 0 Å². The molecule has 2 aromatic heterocycles. The number of nitrogens with zero attached hydrogens (tertiary/aromatic N) is 2. The summed E-state index contributed by atoms with van der Waals surface area (Å²) in [4.78, 5) is 17.5. The highest BCUT2D eigenvalue weighted by Crippen LogP contribution is 2.29. The normalized spacial score (nSPS) is 11.6. The second-order valence-electron chi connectivity index (χ2n) is 6.74. The highest BCUT2D eigenvalue weighted by atomic mass is 16.5. The van der Waals surface area contributed by atoms with Gasteiger partial charge in [0.15, 0.2) is 0 Å². The number of methoxy groups -OCH3 is 1. The minimum atomic E-state index is -0.586. The maximum absolute atomic E-state index is 12.9. The van der Waals surface area contributed by atoms with Gasteiger partial charge in [-0.05, 0) is 45.9 Å². The van der Waals surface area contributed by atoms with Crippen LogP contribution in [0.2, 0.25) is 0 Å². The summed E-state index contributed by atoms with van der Waals surface area (Å²) >= 11 is 0. The molecule has 0 saturated heterocycles. The van der Waals surface area contributed by atoms with Gasteiger partial charge in [0.2, 0.25) is 0 Å². The number of nitrogens with one attached hydrogen (secondary N) is 1. The van der Waals surface area contributed by atoms with E-state index in [9.17, 15) is 4.79 Å². The molecule has 2 heterocycles. The molecule has 1 aromatic carbocycles. The summed E-state index contributed by atoms with van der Waals surface area (Å²) < 4.78 is 7.37. The van der Waals surface area contributed by atoms with Gasteiger partial charge in [0.1, 0.15) is 11.4 Å². The summed E-state index contributed by atoms with van der Waals surface area (Å²) in [6, 6.07) is 11.5. The van der Waals surface area contributed by atoms with E-state index in [1.165, 1.54) is 0 Å². The maximum atomic E-state index is 12.9. The summed E-state index contributed by atoms with van der Waals surface area (Å²) in [5.74, 6) is 0.593. The molecule has 0 unspecified atom stereocenters. The lowest BCUT2D eigenvalue weighted by Crippen LogP contribution is -2.41. The number of para-hydroxylation sites is 1. The SMILES string of the molecule is COc1ccccc1C(C)(C)NC(=O)c1ccn2c(C)cc(C)nc12. The van der Waals surface area contributed by atoms with E-state index in [2.05, 4.69) is 10.3 Å². The van der Waals surface area contributed by atoms with Crippen molar-refractivity contribution in [3.8, 4) is 5.75 Å². The highest BCUT2D eigenvalue weighted by molar-refractivity contribution is 6.00. The van der Waals surface area contributed by atoms with Crippen molar-refractivity contribution in [1.82, 2.24) is 14.7 Å². The first kappa shape index (κ1) is 17.0. The van der Waals surface area contributed by atoms with Crippen molar-refractivity contribution in [1.29, 1.82) is 0 Å². The van der Waals surface area contributed by atoms with E-state index in [0.717, 1.165) is 22.7 Å². The highest BCUT2D eigenvalue weighted by Gasteiger charge is 2.27. The lowest BCUT2D eigenvalue weighted by atomic mass is 9.93. The Labute approximate surface area is 147 Å². The van der Waals surface area contributed by atoms with Crippen LogP contribution in [0, 0.1) is 13.8 Å². The molecule has 0 saturated carbocycles. The molecule has 0 atom stereocenters. The Morgan fingerprint density at radius 2 is 1.92 bits per heavy atom. The van der Waals surface area contributed by atoms with Crippen LogP contribution in [-0.2, 0) is 5.54 Å². The topological polar surface area (TPSA) is 55.6 Å². The van der Waals surface area contributed by atoms with Crippen LogP contribution in [0.25, 0.3) is 5.65 Å². The van der Waals surface area contributed by atoms with Crippen LogP contribution in [-0.4, -0.2) is 22.4 Å². The number of aryl methyl sites for hydroxylation is 2. The molecule has 0 fully saturated rings. The van der Waals surface area contributed by atoms with Gasteiger partial charge in [-0.25, -0.2) is 4.98 Å². The molecule has 0 aliphatic heterocycles. The first-order valence-corrected chi connectivity index (χ1v) is 8.25. The van der Waals surface area contributed by atoms with Gasteiger partial charge in [-0.3, -0.25) is 4.79 Å². The van der Waals surface area contributed by atoms with Gasteiger partial charge in [-0.15, -0.1) is 0 Å². The first-order valence-electron chi connectivity index (χ1n) is 8.25. The Morgan fingerprint density at radius 3 is 2.64 bits per heavy atom. The van der Waals surface area contributed by atoms with Crippen LogP contribution >= 0.6 is 0 Å². The molecular weight excluding hydrogens is 314 g/mol. The Bertz CT molecular complexity index is 941. The standard InChI is InChI=1S/C20H23N3O2/c1-13-12-14(2)23-11-10-15(18(23)21-13)19(24)22-20(3,4)16-8-6-7-9-17(16)25-5/h6-12H,1-5H3,(H,22,24). The summed E-state index contributed by atoms with van der Waals surface area (Å²) in [7, 11) is 1.63. The third kappa shape index (κ3) is 3.09. The zero-order chi connectivity index (χ0) is 18.2. The molecule has 0 aliphatic carbocycles. The van der Waals surface area contributed by atoms with Gasteiger partial charge >= 0.3 is 0 Å². The molecule has 3 aromatic rings. The molecule has 25 heavy (non-hydrogen) atoms. The largest absolute Gasteiger partial charge is 0.496 e. The molecule has 1 N–H and O–H groups in total. The molecule has 0 radical (unpaired) electrons. The third-order valence-electron chi connectivity index (χ3n) is 4.39. The van der Waals surface area contributed by atoms with Crippen molar-refractivity contribution < 1.29 is 9.53 Å². The molecule has 0 spiro atoms. The zero-order valence-electron chi connectivity index (χ0n) is 15.3. The van der Waals surface area contributed by atoms with Crippen molar-refractivity contribution in [2.24, 2.45) is 0 Å². The van der Waals surface area contributed by atoms with E-state index in [4.69, 9.17) is 4.74 Å². The molecule has 3 rings (SSSR count). The van der Waals surface area contributed by atoms with Crippen molar-refractivity contribution in [2.45, 2.75) is 33.2 Å². The number of hydrogen-bond donors (Lipinski definition) is 1. The molecule has 0 aliphatic rings. The number of carbonyl (C=O) groups excluding carboxylic acids is 1. The lowest BCUT2D eigenvalue weighted by molar-refractivity contribution is 0.0912. The van der Waals surface area contributed by atoms with E-state index in [1.807, 2.05) is 74.7 Å². The van der Waals surface area contributed by atoms with Crippen LogP contribution in [0.4, 0.5) is 0 Å². The number of carbonyl (C=O) groups is 1. The van der Waals surface area contributed by atoms with Crippen molar-refractivity contribution in [3.63, 3.8) is 0 Å². The van der Waals surface area contributed by atoms with Crippen LogP contribution in [0.15, 0.2) is 42.6 Å². The fourth-order valence-electron chi connectivity index (χ4n) is 3.15. The fourth-order valence-corrected chi connectivity index (χ4v) is 3.15. The second kappa shape index (κ2) is 6.24. The molecule has 5 heteroatoms. The second-order valence-corrected chi connectivity index (χ2v) is 6.74. The van der Waals surface area contributed by atoms with Crippen molar-refractivity contribution in [3.05, 3.63) is 65.1 Å². The molecule has 130 valence electrons. The van der Waals surface area contributed by atoms with E-state index < -0.39 is 5.54 Å². The summed E-state index contributed by atoms with van der Waals surface area (Å²) in [6.45, 7) is 7.86. The predicted molar refractivity (Wildman–Crippen MR) is 98.2 cm³/mol. The average Bonchev–Trinajstić information content (AvgIpc) is 2.98. The van der Waals surface area contributed by atoms with Gasteiger partial charge in [0, 0.05) is 23.1 Å². The summed E-state index contributed by atoms with van der Waals surface area (Å²) in [6.07, 6.45) is 1.88. The predicted octanol–water partition coefficient (Wildman–Crippen LogP) is 3.62. The van der Waals surface area contributed by atoms with Gasteiger partial charge < -0.3 is 14.5 Å². The first-order chi connectivity index (χ1) is 11.8. The molecule has 1 amide bonds. The van der Waals surface area contributed by atoms with E-state index in [0.29, 0.717) is 11.2 Å². The molecule has 0 bridgehead atoms. The van der Waals surface area contributed by atoms with Gasteiger partial charge in [0.25, 0.3) is 5.91 Å². The number of benzene rings is 1. The summed E-state index contributed by atoms with van der Waals surface area (Å²) in [5, 5.41) is 3.11. The van der Waals surface area contributed by atoms with Gasteiger partial charge in [-0.1, -0.05) is 18.2 Å². The van der Waals surface area contributed by atoms with E-state index >= 15 is 0 Å². The van der Waals surface area contributed by atoms with Crippen LogP contribution in [0.1, 0.15) is 41.2 Å². The maximum Gasteiger partial charge on any atom is 0.255 e. The number of ether oxygens (including phenoxy) is 1. The Hall–Kier alpha value is -2.82. The Kier molecular flexibility index (Phi) is 4.25. The lowest BCUT2D eigenvalue weighted by Gasteiger charge is -2.28. The number of aromatic nitrogens is 2. The van der Waals surface area contributed by atoms with Crippen LogP contribution in [0.3, 0.4) is 0 Å². The minimum absolute atomic E-state index is 0.157. The number of amides is 1. The fraction of sp³-hybridized carbons (Fsp3) is 0.300. The number of fused-ring (bicyclic) bond motifs is 1. The zero-order valence-corrected chi connectivity index (χ0v) is 15.3. The van der Waals surface area contributed by atoms with Crippen molar-refractivity contribution in [2.75, 3.05) is 7.11 Å². The van der Waals surface area contributed by atoms with E-state index in [1.54, 1.807) is 7.11 Å². The van der Waals surface area contributed by atoms with Crippen LogP contribution < -0.4 is 10.1 Å². The van der Waals surface area contributed by atoms with Crippen molar-refractivity contribution >= 4 is 11.6 Å². The molecule has 5 nitrogen and oxygen atoms in total. The van der Waals surface area contributed by atoms with E-state index in [-0.39, 0.29) is 5.91 Å². The van der Waals surface area contributed by atoms with Gasteiger partial charge in [0.05, 0.1) is 18.2 Å². The average molecular weight is 337 g/mol. The minimum Gasteiger partial charge on any atom is -0.496 e. The Morgan fingerprint density at radius 1 is 1.20 bits per heavy atom. The molecular formula is C20H23N3O2. The third-order valence-corrected chi connectivity index (χ3v) is 4.39. The summed E-state index contributed by atoms with van der Waals surface area (Å²) in [5.41, 5.74) is 3.51. The number of rotatable bonds is 4. The van der Waals surface area contributed by atoms with Crippen LogP contribution in [0.5, 0.6) is 5.75 Å². The number of hydrogen-bond acceptors (Lipinski definition) is 3. The Balaban J connectivity index is 1.97. The smallest absolute Gasteiger partial charge is 0.255 e. The quantitative estimate of drug-likeness (QED) is 0.791. The monoisotopic (exact) mass is 337 g/mol.